The fourth-order valence-electron chi connectivity index (χ4n) is 3.98. The summed E-state index contributed by atoms with van der Waals surface area (Å²) in [6.45, 7) is 0.273. The molecule has 0 unspecified atom stereocenters. The summed E-state index contributed by atoms with van der Waals surface area (Å²) in [5, 5.41) is 14.2. The fraction of sp³-hybridized carbons (Fsp3) is 0.318. The van der Waals surface area contributed by atoms with Crippen molar-refractivity contribution in [3.8, 4) is 5.69 Å². The average Bonchev–Trinajstić information content (AvgIpc) is 3.28. The molecule has 3 aromatic rings. The quantitative estimate of drug-likeness (QED) is 0.490. The topological polar surface area (TPSA) is 103 Å². The Kier molecular flexibility index (Phi) is 5.83. The lowest BCUT2D eigenvalue weighted by molar-refractivity contribution is -0.384. The standard InChI is InChI=1S/C22H23N5O3/c28-22(25-15-17-8-4-5-11-23-17)19-10-9-18(27(29)30)14-20(19)26-13-12-24-21(26)16-6-2-1-3-7-16/h4-5,8-14,16H,1-3,6-7,15H2,(H,25,28). The summed E-state index contributed by atoms with van der Waals surface area (Å²) in [7, 11) is 0. The number of hydrogen-bond acceptors (Lipinski definition) is 5. The molecule has 0 radical (unpaired) electrons. The molecule has 2 heterocycles. The van der Waals surface area contributed by atoms with E-state index in [-0.39, 0.29) is 24.1 Å². The van der Waals surface area contributed by atoms with Gasteiger partial charge in [-0.05, 0) is 31.0 Å². The predicted molar refractivity (Wildman–Crippen MR) is 111 cm³/mol. The largest absolute Gasteiger partial charge is 0.346 e. The number of rotatable bonds is 6. The SMILES string of the molecule is O=C(NCc1ccccn1)c1ccc([N+](=O)[O-])cc1-n1ccnc1C1CCCCC1. The maximum Gasteiger partial charge on any atom is 0.271 e. The fourth-order valence-corrected chi connectivity index (χ4v) is 3.98. The van der Waals surface area contributed by atoms with Crippen LogP contribution in [0.1, 0.15) is 59.9 Å². The lowest BCUT2D eigenvalue weighted by Gasteiger charge is -2.23. The van der Waals surface area contributed by atoms with Crippen LogP contribution in [0.5, 0.6) is 0 Å². The summed E-state index contributed by atoms with van der Waals surface area (Å²) < 4.78 is 1.83. The van der Waals surface area contributed by atoms with Crippen molar-refractivity contribution in [3.05, 3.63) is 82.2 Å². The Hall–Kier alpha value is -3.55. The predicted octanol–water partition coefficient (Wildman–Crippen LogP) is 4.15. The summed E-state index contributed by atoms with van der Waals surface area (Å²) in [4.78, 5) is 32.6. The van der Waals surface area contributed by atoms with Gasteiger partial charge in [-0.15, -0.1) is 0 Å². The Morgan fingerprint density at radius 1 is 1.13 bits per heavy atom. The van der Waals surface area contributed by atoms with Gasteiger partial charge >= 0.3 is 0 Å². The van der Waals surface area contributed by atoms with Crippen LogP contribution in [-0.2, 0) is 6.54 Å². The van der Waals surface area contributed by atoms with Crippen LogP contribution in [0.2, 0.25) is 0 Å². The maximum absolute atomic E-state index is 13.0. The van der Waals surface area contributed by atoms with E-state index >= 15 is 0 Å². The van der Waals surface area contributed by atoms with Crippen LogP contribution in [-0.4, -0.2) is 25.4 Å². The molecule has 1 aliphatic carbocycles. The van der Waals surface area contributed by atoms with E-state index in [0.717, 1.165) is 37.2 Å². The third-order valence-electron chi connectivity index (χ3n) is 5.49. The number of amides is 1. The van der Waals surface area contributed by atoms with Crippen molar-refractivity contribution in [1.29, 1.82) is 0 Å². The number of non-ortho nitro benzene ring substituents is 1. The Bertz CT molecular complexity index is 1040. The first-order valence-corrected chi connectivity index (χ1v) is 10.1. The summed E-state index contributed by atoms with van der Waals surface area (Å²) in [5.74, 6) is 0.834. The van der Waals surface area contributed by atoms with E-state index < -0.39 is 4.92 Å². The second-order valence-corrected chi connectivity index (χ2v) is 7.45. The molecule has 1 N–H and O–H groups in total. The Morgan fingerprint density at radius 3 is 2.70 bits per heavy atom. The van der Waals surface area contributed by atoms with Gasteiger partial charge in [0.05, 0.1) is 28.4 Å². The molecule has 1 amide bonds. The van der Waals surface area contributed by atoms with Crippen LogP contribution in [0.25, 0.3) is 5.69 Å². The number of nitrogens with one attached hydrogen (secondary N) is 1. The first-order chi connectivity index (χ1) is 14.6. The Labute approximate surface area is 174 Å². The molecule has 0 saturated heterocycles. The second-order valence-electron chi connectivity index (χ2n) is 7.45. The van der Waals surface area contributed by atoms with Crippen molar-refractivity contribution in [2.45, 2.75) is 44.6 Å². The lowest BCUT2D eigenvalue weighted by Crippen LogP contribution is -2.25. The molecule has 0 spiro atoms. The molecule has 8 heteroatoms. The molecule has 0 bridgehead atoms. The van der Waals surface area contributed by atoms with Crippen molar-refractivity contribution in [1.82, 2.24) is 19.9 Å². The molecule has 8 nitrogen and oxygen atoms in total. The van der Waals surface area contributed by atoms with Gasteiger partial charge in [0.15, 0.2) is 0 Å². The minimum absolute atomic E-state index is 0.0606. The number of carbonyl (C=O) groups excluding carboxylic acids is 1. The molecule has 1 aromatic carbocycles. The minimum atomic E-state index is -0.448. The number of pyridine rings is 1. The number of hydrogen-bond donors (Lipinski definition) is 1. The first-order valence-electron chi connectivity index (χ1n) is 10.1. The van der Waals surface area contributed by atoms with E-state index in [1.54, 1.807) is 18.6 Å². The highest BCUT2D eigenvalue weighted by molar-refractivity contribution is 5.98. The van der Waals surface area contributed by atoms with Crippen LogP contribution in [0.4, 0.5) is 5.69 Å². The van der Waals surface area contributed by atoms with Crippen molar-refractivity contribution in [2.75, 3.05) is 0 Å². The van der Waals surface area contributed by atoms with Crippen LogP contribution in [0.3, 0.4) is 0 Å². The molecular formula is C22H23N5O3. The van der Waals surface area contributed by atoms with E-state index in [9.17, 15) is 14.9 Å². The zero-order chi connectivity index (χ0) is 20.9. The number of benzene rings is 1. The highest BCUT2D eigenvalue weighted by Gasteiger charge is 2.24. The van der Waals surface area contributed by atoms with E-state index in [0.29, 0.717) is 11.3 Å². The highest BCUT2D eigenvalue weighted by Crippen LogP contribution is 2.34. The van der Waals surface area contributed by atoms with Gasteiger partial charge in [0.1, 0.15) is 5.82 Å². The van der Waals surface area contributed by atoms with Gasteiger partial charge in [0.25, 0.3) is 11.6 Å². The zero-order valence-electron chi connectivity index (χ0n) is 16.5. The number of imidazole rings is 1. The van der Waals surface area contributed by atoms with E-state index in [1.165, 1.54) is 24.6 Å². The average molecular weight is 405 g/mol. The number of carbonyl (C=O) groups is 1. The Morgan fingerprint density at radius 2 is 1.97 bits per heavy atom. The van der Waals surface area contributed by atoms with Gasteiger partial charge in [-0.2, -0.15) is 0 Å². The molecule has 0 aliphatic heterocycles. The monoisotopic (exact) mass is 405 g/mol. The summed E-state index contributed by atoms with van der Waals surface area (Å²) in [6.07, 6.45) is 10.7. The Balaban J connectivity index is 1.68. The lowest BCUT2D eigenvalue weighted by atomic mass is 9.88. The van der Waals surface area contributed by atoms with Gasteiger partial charge in [-0.25, -0.2) is 4.98 Å². The summed E-state index contributed by atoms with van der Waals surface area (Å²) in [5.41, 5.74) is 1.52. The molecule has 1 aliphatic rings. The van der Waals surface area contributed by atoms with Crippen molar-refractivity contribution >= 4 is 11.6 Å². The van der Waals surface area contributed by atoms with E-state index in [4.69, 9.17) is 0 Å². The van der Waals surface area contributed by atoms with Crippen LogP contribution < -0.4 is 5.32 Å². The minimum Gasteiger partial charge on any atom is -0.346 e. The molecule has 1 saturated carbocycles. The van der Waals surface area contributed by atoms with Gasteiger partial charge in [0.2, 0.25) is 0 Å². The molecule has 4 rings (SSSR count). The zero-order valence-corrected chi connectivity index (χ0v) is 16.5. The van der Waals surface area contributed by atoms with Crippen LogP contribution in [0, 0.1) is 10.1 Å². The molecule has 0 atom stereocenters. The van der Waals surface area contributed by atoms with E-state index in [1.807, 2.05) is 22.8 Å². The van der Waals surface area contributed by atoms with Gasteiger partial charge in [0, 0.05) is 36.6 Å². The molecule has 2 aromatic heterocycles. The van der Waals surface area contributed by atoms with Gasteiger partial charge in [-0.1, -0.05) is 25.3 Å². The number of nitro groups is 1. The molecule has 154 valence electrons. The number of nitrogens with zero attached hydrogens (tertiary/aromatic N) is 4. The molecular weight excluding hydrogens is 382 g/mol. The summed E-state index contributed by atoms with van der Waals surface area (Å²) in [6, 6.07) is 9.80. The number of aromatic nitrogens is 3. The summed E-state index contributed by atoms with van der Waals surface area (Å²) >= 11 is 0. The van der Waals surface area contributed by atoms with Gasteiger partial charge < -0.3 is 9.88 Å². The molecule has 30 heavy (non-hydrogen) atoms. The smallest absolute Gasteiger partial charge is 0.271 e. The highest BCUT2D eigenvalue weighted by atomic mass is 16.6. The normalized spacial score (nSPS) is 14.4. The van der Waals surface area contributed by atoms with Crippen molar-refractivity contribution in [2.24, 2.45) is 0 Å². The van der Waals surface area contributed by atoms with Crippen molar-refractivity contribution < 1.29 is 9.72 Å². The maximum atomic E-state index is 13.0. The third-order valence-corrected chi connectivity index (χ3v) is 5.49. The second kappa shape index (κ2) is 8.86. The van der Waals surface area contributed by atoms with Crippen LogP contribution >= 0.6 is 0 Å². The molecule has 1 fully saturated rings. The van der Waals surface area contributed by atoms with Crippen molar-refractivity contribution in [3.63, 3.8) is 0 Å². The third kappa shape index (κ3) is 4.22. The first kappa shape index (κ1) is 19.8. The number of nitro benzene ring substituents is 1. The van der Waals surface area contributed by atoms with E-state index in [2.05, 4.69) is 15.3 Å². The van der Waals surface area contributed by atoms with Crippen LogP contribution in [0.15, 0.2) is 55.0 Å². The van der Waals surface area contributed by atoms with Gasteiger partial charge in [-0.3, -0.25) is 19.9 Å².